The number of ether oxygens (including phenoxy) is 3. The second kappa shape index (κ2) is 7.40. The molecule has 1 saturated heterocycles. The van der Waals surface area contributed by atoms with Crippen LogP contribution >= 0.6 is 0 Å². The molecule has 3 atom stereocenters. The minimum Gasteiger partial charge on any atom is -0.382 e. The van der Waals surface area contributed by atoms with E-state index in [0.29, 0.717) is 6.61 Å². The van der Waals surface area contributed by atoms with E-state index in [2.05, 4.69) is 21.3 Å². The van der Waals surface area contributed by atoms with E-state index in [1.807, 2.05) is 18.4 Å². The molecule has 0 amide bonds. The van der Waals surface area contributed by atoms with Crippen molar-refractivity contribution in [1.29, 1.82) is 0 Å². The van der Waals surface area contributed by atoms with Gasteiger partial charge in [-0.05, 0) is 12.6 Å². The van der Waals surface area contributed by atoms with Gasteiger partial charge in [-0.25, -0.2) is 0 Å². The van der Waals surface area contributed by atoms with Crippen LogP contribution in [0.15, 0.2) is 0 Å². The molecule has 117 valence electrons. The molecule has 0 saturated carbocycles. The summed E-state index contributed by atoms with van der Waals surface area (Å²) in [5.74, 6) is 0.826. The van der Waals surface area contributed by atoms with E-state index < -0.39 is 0 Å². The molecule has 3 heterocycles. The van der Waals surface area contributed by atoms with Crippen molar-refractivity contribution >= 4 is 11.2 Å². The van der Waals surface area contributed by atoms with Crippen molar-refractivity contribution in [2.45, 2.75) is 38.7 Å². The Morgan fingerprint density at radius 1 is 1.32 bits per heavy atom. The van der Waals surface area contributed by atoms with Crippen LogP contribution < -0.4 is 0 Å². The van der Waals surface area contributed by atoms with Gasteiger partial charge in [0.2, 0.25) is 0 Å². The summed E-state index contributed by atoms with van der Waals surface area (Å²) in [6.45, 7) is 4.37. The molecule has 1 fully saturated rings. The summed E-state index contributed by atoms with van der Waals surface area (Å²) in [4.78, 5) is 12.9. The smallest absolute Gasteiger partial charge is 0.153 e. The third-order valence-corrected chi connectivity index (χ3v) is 3.83. The zero-order chi connectivity index (χ0) is 15.0. The summed E-state index contributed by atoms with van der Waals surface area (Å²) >= 11 is 0. The summed E-state index contributed by atoms with van der Waals surface area (Å²) in [6.07, 6.45) is 3.14. The van der Waals surface area contributed by atoms with E-state index in [0.717, 1.165) is 29.1 Å². The van der Waals surface area contributed by atoms with Crippen molar-refractivity contribution in [1.82, 2.24) is 19.5 Å². The molecule has 0 aromatic carbocycles. The van der Waals surface area contributed by atoms with Gasteiger partial charge in [-0.15, -0.1) is 0 Å². The van der Waals surface area contributed by atoms with Gasteiger partial charge in [-0.1, -0.05) is 6.92 Å². The molecule has 22 heavy (non-hydrogen) atoms. The van der Waals surface area contributed by atoms with E-state index in [1.54, 1.807) is 14.2 Å². The van der Waals surface area contributed by atoms with Crippen molar-refractivity contribution in [2.75, 3.05) is 20.8 Å². The Morgan fingerprint density at radius 3 is 2.77 bits per heavy atom. The van der Waals surface area contributed by atoms with Crippen molar-refractivity contribution < 1.29 is 46.9 Å². The minimum atomic E-state index is -0.261. The Labute approximate surface area is 154 Å². The number of nitrogens with zero attached hydrogens (tertiary/aromatic N) is 4. The standard InChI is InChI=1S/C14H19N4O3.Y/c1-8-12-13(16-7-15-8)18(9(2)17-12)14-11(20-4)5-10(21-14)6-19-3;/h10-11,14H,5-6H2,1-4H3;/q-1;/t10-,11-,14+;/m0./s1. The maximum absolute atomic E-state index is 6.08. The normalized spacial score (nSPS) is 24.6. The molecule has 1 aliphatic rings. The number of aryl methyl sites for hydroxylation is 2. The van der Waals surface area contributed by atoms with Crippen molar-refractivity contribution in [3.8, 4) is 0 Å². The fourth-order valence-corrected chi connectivity index (χ4v) is 2.84. The van der Waals surface area contributed by atoms with Gasteiger partial charge in [0.05, 0.1) is 24.2 Å². The molecule has 1 radical (unpaired) electrons. The zero-order valence-electron chi connectivity index (χ0n) is 13.2. The second-order valence-corrected chi connectivity index (χ2v) is 5.22. The second-order valence-electron chi connectivity index (χ2n) is 5.22. The Bertz CT molecular complexity index is 648. The van der Waals surface area contributed by atoms with Crippen LogP contribution in [0.25, 0.3) is 11.2 Å². The van der Waals surface area contributed by atoms with Crippen LogP contribution in [-0.2, 0) is 46.9 Å². The third kappa shape index (κ3) is 3.10. The average molecular weight is 380 g/mol. The van der Waals surface area contributed by atoms with Crippen LogP contribution in [0, 0.1) is 20.2 Å². The predicted molar refractivity (Wildman–Crippen MR) is 74.8 cm³/mol. The largest absolute Gasteiger partial charge is 0.382 e. The van der Waals surface area contributed by atoms with Gasteiger partial charge < -0.3 is 28.7 Å². The first-order chi connectivity index (χ1) is 10.2. The van der Waals surface area contributed by atoms with E-state index in [4.69, 9.17) is 14.2 Å². The average Bonchev–Trinajstić information content (AvgIpc) is 3.00. The van der Waals surface area contributed by atoms with Crippen molar-refractivity contribution in [2.24, 2.45) is 0 Å². The fourth-order valence-electron chi connectivity index (χ4n) is 2.84. The molecular weight excluding hydrogens is 361 g/mol. The van der Waals surface area contributed by atoms with Gasteiger partial charge >= 0.3 is 0 Å². The summed E-state index contributed by atoms with van der Waals surface area (Å²) < 4.78 is 18.8. The molecule has 7 nitrogen and oxygen atoms in total. The van der Waals surface area contributed by atoms with Crippen LogP contribution in [0.3, 0.4) is 0 Å². The monoisotopic (exact) mass is 380 g/mol. The van der Waals surface area contributed by atoms with Gasteiger partial charge in [0.1, 0.15) is 6.10 Å². The third-order valence-electron chi connectivity index (χ3n) is 3.83. The number of rotatable bonds is 4. The van der Waals surface area contributed by atoms with Crippen LogP contribution in [0.1, 0.15) is 24.2 Å². The Hall–Kier alpha value is -0.466. The molecule has 1 aliphatic heterocycles. The molecule has 0 bridgehead atoms. The maximum atomic E-state index is 6.08. The number of hydrogen-bond acceptors (Lipinski definition) is 6. The van der Waals surface area contributed by atoms with E-state index in [9.17, 15) is 0 Å². The molecule has 3 rings (SSSR count). The fraction of sp³-hybridized carbons (Fsp3) is 0.643. The van der Waals surface area contributed by atoms with Crippen LogP contribution in [0.2, 0.25) is 0 Å². The molecule has 0 N–H and O–H groups in total. The maximum Gasteiger partial charge on any atom is 0.153 e. The molecule has 2 aromatic rings. The van der Waals surface area contributed by atoms with E-state index >= 15 is 0 Å². The number of methoxy groups -OCH3 is 2. The molecule has 0 spiro atoms. The molecule has 0 aliphatic carbocycles. The first-order valence-corrected chi connectivity index (χ1v) is 6.92. The van der Waals surface area contributed by atoms with Gasteiger partial charge in [0.15, 0.2) is 6.23 Å². The van der Waals surface area contributed by atoms with Gasteiger partial charge in [-0.3, -0.25) is 4.98 Å². The Balaban J connectivity index is 0.00000176. The Kier molecular flexibility index (Phi) is 6.02. The van der Waals surface area contributed by atoms with E-state index in [-0.39, 0.29) is 51.1 Å². The molecule has 0 unspecified atom stereocenters. The predicted octanol–water partition coefficient (Wildman–Crippen LogP) is 1.19. The summed E-state index contributed by atoms with van der Waals surface area (Å²) in [5, 5.41) is 0. The Morgan fingerprint density at radius 2 is 2.09 bits per heavy atom. The quantitative estimate of drug-likeness (QED) is 0.743. The van der Waals surface area contributed by atoms with Gasteiger partial charge in [0, 0.05) is 65.2 Å². The summed E-state index contributed by atoms with van der Waals surface area (Å²) in [5.41, 5.74) is 2.31. The van der Waals surface area contributed by atoms with Crippen LogP contribution in [0.5, 0.6) is 0 Å². The number of hydrogen-bond donors (Lipinski definition) is 0. The van der Waals surface area contributed by atoms with Crippen LogP contribution in [-0.4, -0.2) is 52.6 Å². The first-order valence-electron chi connectivity index (χ1n) is 6.92. The van der Waals surface area contributed by atoms with Crippen molar-refractivity contribution in [3.63, 3.8) is 0 Å². The van der Waals surface area contributed by atoms with Gasteiger partial charge in [0.25, 0.3) is 0 Å². The first kappa shape index (κ1) is 17.9. The number of fused-ring (bicyclic) bond motifs is 1. The molecule has 2 aromatic heterocycles. The minimum absolute atomic E-state index is 0. The summed E-state index contributed by atoms with van der Waals surface area (Å²) in [6, 6.07) is 0. The van der Waals surface area contributed by atoms with E-state index in [1.165, 1.54) is 0 Å². The zero-order valence-corrected chi connectivity index (χ0v) is 16.1. The topological polar surface area (TPSA) is 71.3 Å². The SMILES string of the molecule is COC[C@@H]1C[C@H](OC)[C@H](n2c(C)nc3c(C)n[c-]nc32)O1.[Y]. The summed E-state index contributed by atoms with van der Waals surface area (Å²) in [7, 11) is 3.36. The van der Waals surface area contributed by atoms with Crippen LogP contribution in [0.4, 0.5) is 0 Å². The molecular formula is C14H19N4O3Y-. The van der Waals surface area contributed by atoms with Crippen molar-refractivity contribution in [3.05, 3.63) is 17.8 Å². The van der Waals surface area contributed by atoms with Gasteiger partial charge in [-0.2, -0.15) is 0 Å². The number of imidazole rings is 1. The number of aromatic nitrogens is 4. The molecule has 8 heteroatoms.